The van der Waals surface area contributed by atoms with E-state index >= 15 is 0 Å². The molecule has 1 aliphatic heterocycles. The lowest BCUT2D eigenvalue weighted by Crippen LogP contribution is -2.00. The molecule has 4 heterocycles. The average molecular weight is 492 g/mol. The molecule has 0 saturated carbocycles. The fourth-order valence-corrected chi connectivity index (χ4v) is 5.34. The molecule has 1 unspecified atom stereocenters. The maximum atomic E-state index is 5.54. The van der Waals surface area contributed by atoms with Crippen molar-refractivity contribution in [2.24, 2.45) is 0 Å². The molecule has 6 rings (SSSR count). The first-order chi connectivity index (χ1) is 16.6. The van der Waals surface area contributed by atoms with Crippen molar-refractivity contribution in [1.82, 2.24) is 24.5 Å². The molecule has 7 nitrogen and oxygen atoms in total. The van der Waals surface area contributed by atoms with Crippen molar-refractivity contribution >= 4 is 46.0 Å². The van der Waals surface area contributed by atoms with E-state index in [0.717, 1.165) is 45.4 Å². The first kappa shape index (κ1) is 22.5. The van der Waals surface area contributed by atoms with Gasteiger partial charge in [-0.25, -0.2) is 4.98 Å². The lowest BCUT2D eigenvalue weighted by molar-refractivity contribution is 0.340. The van der Waals surface area contributed by atoms with E-state index in [2.05, 4.69) is 31.7 Å². The van der Waals surface area contributed by atoms with Crippen LogP contribution in [0.15, 0.2) is 66.0 Å². The second-order valence-electron chi connectivity index (χ2n) is 7.67. The zero-order valence-corrected chi connectivity index (χ0v) is 20.6. The van der Waals surface area contributed by atoms with Gasteiger partial charge in [0.25, 0.3) is 0 Å². The summed E-state index contributed by atoms with van der Waals surface area (Å²) in [6.07, 6.45) is 1.85. The van der Waals surface area contributed by atoms with Crippen LogP contribution in [0.25, 0.3) is 22.1 Å². The monoisotopic (exact) mass is 491 g/mol. The first-order valence-electron chi connectivity index (χ1n) is 11.2. The number of pyridine rings is 1. The molecule has 1 atom stereocenters. The van der Waals surface area contributed by atoms with Crippen molar-refractivity contribution in [2.75, 3.05) is 13.2 Å². The standard InChI is InChI=1S/C16H15N3OS.C9H10N2OS/c1-2-20-11-6-7-14-13(9-11)18-16-19(14)10-15(21-16)12-5-3-4-8-17-12;1-2-12-6-3-4-7-8(5-6)11-9(13)10-7/h3-9,15H,2,10H2,1H3;3-5H,2H2,1H3,(H2,10,11,13). The lowest BCUT2D eigenvalue weighted by atomic mass is 10.2. The maximum absolute atomic E-state index is 5.54. The van der Waals surface area contributed by atoms with E-state index in [-0.39, 0.29) is 0 Å². The Balaban J connectivity index is 0.000000159. The largest absolute Gasteiger partial charge is 0.494 e. The van der Waals surface area contributed by atoms with Crippen LogP contribution >= 0.6 is 24.0 Å². The van der Waals surface area contributed by atoms with Crippen LogP contribution in [0.1, 0.15) is 24.8 Å². The van der Waals surface area contributed by atoms with Crippen LogP contribution in [0.3, 0.4) is 0 Å². The van der Waals surface area contributed by atoms with Gasteiger partial charge in [0.05, 0.1) is 46.2 Å². The SMILES string of the molecule is CCOc1ccc2[nH]c(=S)[nH]c2c1.CCOc1ccc2c(c1)nc1n2CC(c2ccccn2)S1. The number of hydrogen-bond acceptors (Lipinski definition) is 6. The van der Waals surface area contributed by atoms with Crippen LogP contribution in [0.5, 0.6) is 11.5 Å². The number of ether oxygens (including phenoxy) is 2. The fourth-order valence-electron chi connectivity index (χ4n) is 3.93. The predicted octanol–water partition coefficient (Wildman–Crippen LogP) is 6.30. The summed E-state index contributed by atoms with van der Waals surface area (Å²) >= 11 is 6.75. The molecule has 2 aromatic carbocycles. The molecular weight excluding hydrogens is 466 g/mol. The Hall–Kier alpha value is -3.30. The van der Waals surface area contributed by atoms with Crippen LogP contribution < -0.4 is 9.47 Å². The summed E-state index contributed by atoms with van der Waals surface area (Å²) in [5, 5.41) is 1.42. The van der Waals surface area contributed by atoms with Crippen molar-refractivity contribution < 1.29 is 9.47 Å². The van der Waals surface area contributed by atoms with E-state index in [9.17, 15) is 0 Å². The molecule has 34 heavy (non-hydrogen) atoms. The number of benzene rings is 2. The quantitative estimate of drug-likeness (QED) is 0.281. The van der Waals surface area contributed by atoms with Crippen molar-refractivity contribution in [3.05, 3.63) is 71.3 Å². The van der Waals surface area contributed by atoms with Crippen LogP contribution in [0.2, 0.25) is 0 Å². The van der Waals surface area contributed by atoms with Gasteiger partial charge in [0.1, 0.15) is 11.5 Å². The van der Waals surface area contributed by atoms with Crippen molar-refractivity contribution in [3.8, 4) is 11.5 Å². The maximum Gasteiger partial charge on any atom is 0.175 e. The number of hydrogen-bond donors (Lipinski definition) is 2. The Kier molecular flexibility index (Phi) is 6.55. The Morgan fingerprint density at radius 3 is 2.53 bits per heavy atom. The van der Waals surface area contributed by atoms with Gasteiger partial charge in [-0.15, -0.1) is 0 Å². The summed E-state index contributed by atoms with van der Waals surface area (Å²) in [4.78, 5) is 15.3. The Morgan fingerprint density at radius 2 is 1.76 bits per heavy atom. The molecule has 9 heteroatoms. The second-order valence-corrected chi connectivity index (χ2v) is 9.25. The van der Waals surface area contributed by atoms with Crippen LogP contribution in [0, 0.1) is 4.77 Å². The molecule has 2 N–H and O–H groups in total. The zero-order chi connectivity index (χ0) is 23.5. The molecule has 1 aliphatic rings. The highest BCUT2D eigenvalue weighted by molar-refractivity contribution is 7.99. The molecule has 0 fully saturated rings. The van der Waals surface area contributed by atoms with Crippen molar-refractivity contribution in [3.63, 3.8) is 0 Å². The summed E-state index contributed by atoms with van der Waals surface area (Å²) in [6.45, 7) is 6.22. The molecule has 0 bridgehead atoms. The third-order valence-electron chi connectivity index (χ3n) is 5.41. The summed E-state index contributed by atoms with van der Waals surface area (Å²) in [5.74, 6) is 1.74. The van der Waals surface area contributed by atoms with Gasteiger partial charge < -0.3 is 24.0 Å². The van der Waals surface area contributed by atoms with E-state index in [1.807, 2.05) is 62.5 Å². The Labute approximate surface area is 206 Å². The molecule has 174 valence electrons. The van der Waals surface area contributed by atoms with Gasteiger partial charge in [0.2, 0.25) is 0 Å². The lowest BCUT2D eigenvalue weighted by Gasteiger charge is -2.07. The van der Waals surface area contributed by atoms with Gasteiger partial charge in [0.15, 0.2) is 9.93 Å². The van der Waals surface area contributed by atoms with E-state index in [4.69, 9.17) is 26.7 Å². The highest BCUT2D eigenvalue weighted by atomic mass is 32.2. The summed E-state index contributed by atoms with van der Waals surface area (Å²) < 4.78 is 13.8. The molecule has 0 amide bonds. The smallest absolute Gasteiger partial charge is 0.175 e. The molecule has 0 radical (unpaired) electrons. The summed E-state index contributed by atoms with van der Waals surface area (Å²) in [6, 6.07) is 18.0. The molecule has 5 aromatic rings. The van der Waals surface area contributed by atoms with E-state index in [0.29, 0.717) is 23.2 Å². The number of imidazole rings is 2. The van der Waals surface area contributed by atoms with Crippen LogP contribution in [-0.2, 0) is 6.54 Å². The highest BCUT2D eigenvalue weighted by Crippen LogP contribution is 2.43. The molecular formula is C25H25N5O2S2. The minimum Gasteiger partial charge on any atom is -0.494 e. The highest BCUT2D eigenvalue weighted by Gasteiger charge is 2.27. The van der Waals surface area contributed by atoms with Crippen molar-refractivity contribution in [2.45, 2.75) is 30.8 Å². The van der Waals surface area contributed by atoms with Gasteiger partial charge in [-0.2, -0.15) is 0 Å². The van der Waals surface area contributed by atoms with E-state index in [1.165, 1.54) is 5.52 Å². The normalized spacial score (nSPS) is 14.6. The summed E-state index contributed by atoms with van der Waals surface area (Å²) in [5.41, 5.74) is 5.28. The minimum atomic E-state index is 0.352. The number of rotatable bonds is 5. The molecule has 0 aliphatic carbocycles. The number of fused-ring (bicyclic) bond motifs is 4. The molecule has 0 spiro atoms. The number of H-pyrrole nitrogens is 2. The second kappa shape index (κ2) is 9.90. The van der Waals surface area contributed by atoms with Crippen molar-refractivity contribution in [1.29, 1.82) is 0 Å². The van der Waals surface area contributed by atoms with Gasteiger partial charge in [-0.1, -0.05) is 17.8 Å². The fraction of sp³-hybridized carbons (Fsp3) is 0.240. The number of aromatic amines is 2. The van der Waals surface area contributed by atoms with E-state index in [1.54, 1.807) is 11.8 Å². The third-order valence-corrected chi connectivity index (χ3v) is 6.81. The number of aromatic nitrogens is 5. The zero-order valence-electron chi connectivity index (χ0n) is 18.9. The number of nitrogens with one attached hydrogen (secondary N) is 2. The minimum absolute atomic E-state index is 0.352. The number of thioether (sulfide) groups is 1. The predicted molar refractivity (Wildman–Crippen MR) is 138 cm³/mol. The topological polar surface area (TPSA) is 80.8 Å². The molecule has 3 aromatic heterocycles. The average Bonchev–Trinajstić information content (AvgIpc) is 3.51. The van der Waals surface area contributed by atoms with Gasteiger partial charge in [-0.3, -0.25) is 4.98 Å². The van der Waals surface area contributed by atoms with Gasteiger partial charge >= 0.3 is 0 Å². The third kappa shape index (κ3) is 4.67. The van der Waals surface area contributed by atoms with Gasteiger partial charge in [0, 0.05) is 24.9 Å². The Bertz CT molecular complexity index is 1480. The van der Waals surface area contributed by atoms with Gasteiger partial charge in [-0.05, 0) is 62.5 Å². The van der Waals surface area contributed by atoms with Crippen LogP contribution in [-0.4, -0.2) is 37.7 Å². The molecule has 0 saturated heterocycles. The number of nitrogens with zero attached hydrogens (tertiary/aromatic N) is 3. The van der Waals surface area contributed by atoms with E-state index < -0.39 is 0 Å². The Morgan fingerprint density at radius 1 is 1.00 bits per heavy atom. The van der Waals surface area contributed by atoms with Crippen LogP contribution in [0.4, 0.5) is 0 Å². The first-order valence-corrected chi connectivity index (χ1v) is 12.5. The summed E-state index contributed by atoms with van der Waals surface area (Å²) in [7, 11) is 0.